The van der Waals surface area contributed by atoms with Crippen molar-refractivity contribution < 1.29 is 14.3 Å². The summed E-state index contributed by atoms with van der Waals surface area (Å²) in [5, 5.41) is 0. The van der Waals surface area contributed by atoms with Gasteiger partial charge in [0.25, 0.3) is 0 Å². The number of hydrogen-bond donors (Lipinski definition) is 1. The maximum absolute atomic E-state index is 12.0. The van der Waals surface area contributed by atoms with Gasteiger partial charge in [-0.1, -0.05) is 24.3 Å². The van der Waals surface area contributed by atoms with Crippen LogP contribution in [0.1, 0.15) is 36.8 Å². The van der Waals surface area contributed by atoms with Crippen LogP contribution >= 0.6 is 0 Å². The molecule has 1 atom stereocenters. The standard InChI is InChI=1S/C19H26N2O3/c20-18(22)17-11-15-3-1-2-4-16(15)13-21(17)12-14-5-7-19(8-6-14)23-9-10-24-19/h1-4,14,17H,5-13H2,(H2,20,22)/t17-/m0/s1. The van der Waals surface area contributed by atoms with Crippen molar-refractivity contribution in [1.82, 2.24) is 4.90 Å². The van der Waals surface area contributed by atoms with Crippen LogP contribution < -0.4 is 5.73 Å². The number of carbonyl (C=O) groups is 1. The molecule has 1 saturated carbocycles. The van der Waals surface area contributed by atoms with Gasteiger partial charge in [0.2, 0.25) is 5.91 Å². The van der Waals surface area contributed by atoms with Crippen LogP contribution in [0.15, 0.2) is 24.3 Å². The summed E-state index contributed by atoms with van der Waals surface area (Å²) in [6, 6.07) is 8.20. The minimum absolute atomic E-state index is 0.185. The van der Waals surface area contributed by atoms with Crippen LogP contribution in [0, 0.1) is 5.92 Å². The first-order valence-electron chi connectivity index (χ1n) is 9.03. The SMILES string of the molecule is NC(=O)[C@@H]1Cc2ccccc2CN1CC1CCC2(CC1)OCCO2. The Labute approximate surface area is 143 Å². The van der Waals surface area contributed by atoms with E-state index < -0.39 is 0 Å². The third-order valence-electron chi connectivity index (χ3n) is 5.85. The van der Waals surface area contributed by atoms with Crippen molar-refractivity contribution in [3.05, 3.63) is 35.4 Å². The van der Waals surface area contributed by atoms with E-state index in [1.54, 1.807) is 0 Å². The second-order valence-electron chi connectivity index (χ2n) is 7.37. The maximum Gasteiger partial charge on any atom is 0.235 e. The van der Waals surface area contributed by atoms with E-state index in [4.69, 9.17) is 15.2 Å². The van der Waals surface area contributed by atoms with Gasteiger partial charge in [0.05, 0.1) is 19.3 Å². The number of rotatable bonds is 3. The molecule has 2 fully saturated rings. The van der Waals surface area contributed by atoms with Gasteiger partial charge in [-0.2, -0.15) is 0 Å². The zero-order chi connectivity index (χ0) is 16.6. The van der Waals surface area contributed by atoms with Gasteiger partial charge in [-0.25, -0.2) is 0 Å². The van der Waals surface area contributed by atoms with E-state index in [1.807, 2.05) is 6.07 Å². The van der Waals surface area contributed by atoms with Crippen LogP contribution in [0.25, 0.3) is 0 Å². The van der Waals surface area contributed by atoms with Gasteiger partial charge in [0, 0.05) is 25.9 Å². The number of ether oxygens (including phenoxy) is 2. The number of primary amides is 1. The van der Waals surface area contributed by atoms with Crippen LogP contribution in [0.3, 0.4) is 0 Å². The van der Waals surface area contributed by atoms with Crippen molar-refractivity contribution in [3.8, 4) is 0 Å². The van der Waals surface area contributed by atoms with Crippen molar-refractivity contribution in [2.45, 2.75) is 50.5 Å². The summed E-state index contributed by atoms with van der Waals surface area (Å²) in [5.41, 5.74) is 8.27. The number of nitrogens with two attached hydrogens (primary N) is 1. The van der Waals surface area contributed by atoms with E-state index in [9.17, 15) is 4.79 Å². The molecule has 1 aromatic carbocycles. The number of nitrogens with zero attached hydrogens (tertiary/aromatic N) is 1. The summed E-state index contributed by atoms with van der Waals surface area (Å²) < 4.78 is 11.6. The quantitative estimate of drug-likeness (QED) is 0.918. The van der Waals surface area contributed by atoms with Gasteiger partial charge in [-0.15, -0.1) is 0 Å². The fourth-order valence-corrected chi connectivity index (χ4v) is 4.47. The molecule has 2 heterocycles. The summed E-state index contributed by atoms with van der Waals surface area (Å²) in [4.78, 5) is 14.2. The average molecular weight is 330 g/mol. The monoisotopic (exact) mass is 330 g/mol. The molecule has 24 heavy (non-hydrogen) atoms. The Hall–Kier alpha value is -1.43. The lowest BCUT2D eigenvalue weighted by Crippen LogP contribution is -2.50. The molecule has 1 amide bonds. The molecule has 2 N–H and O–H groups in total. The molecule has 1 aromatic rings. The highest BCUT2D eigenvalue weighted by Gasteiger charge is 2.41. The summed E-state index contributed by atoms with van der Waals surface area (Å²) in [5.74, 6) is 0.0587. The van der Waals surface area contributed by atoms with Crippen molar-refractivity contribution in [2.24, 2.45) is 11.7 Å². The molecule has 1 aliphatic carbocycles. The van der Waals surface area contributed by atoms with E-state index in [1.165, 1.54) is 11.1 Å². The van der Waals surface area contributed by atoms with Crippen LogP contribution in [0.4, 0.5) is 0 Å². The Kier molecular flexibility index (Phi) is 4.33. The van der Waals surface area contributed by atoms with E-state index >= 15 is 0 Å². The molecule has 2 aliphatic heterocycles. The lowest BCUT2D eigenvalue weighted by molar-refractivity contribution is -0.183. The average Bonchev–Trinajstić information content (AvgIpc) is 3.04. The molecule has 1 spiro atoms. The smallest absolute Gasteiger partial charge is 0.235 e. The third kappa shape index (κ3) is 3.08. The lowest BCUT2D eigenvalue weighted by Gasteiger charge is -2.40. The Morgan fingerprint density at radius 1 is 1.17 bits per heavy atom. The second-order valence-corrected chi connectivity index (χ2v) is 7.37. The first-order chi connectivity index (χ1) is 11.7. The molecule has 0 radical (unpaired) electrons. The summed E-state index contributed by atoms with van der Waals surface area (Å²) in [6.45, 7) is 3.19. The summed E-state index contributed by atoms with van der Waals surface area (Å²) in [6.07, 6.45) is 4.83. The summed E-state index contributed by atoms with van der Waals surface area (Å²) >= 11 is 0. The van der Waals surface area contributed by atoms with Crippen molar-refractivity contribution in [2.75, 3.05) is 19.8 Å². The predicted octanol–water partition coefficient (Wildman–Crippen LogP) is 1.83. The van der Waals surface area contributed by atoms with Crippen molar-refractivity contribution in [1.29, 1.82) is 0 Å². The zero-order valence-corrected chi connectivity index (χ0v) is 14.1. The third-order valence-corrected chi connectivity index (χ3v) is 5.85. The van der Waals surface area contributed by atoms with E-state index in [-0.39, 0.29) is 17.7 Å². The van der Waals surface area contributed by atoms with E-state index in [0.29, 0.717) is 5.92 Å². The fraction of sp³-hybridized carbons (Fsp3) is 0.632. The Bertz CT molecular complexity index is 602. The molecular formula is C19H26N2O3. The molecule has 0 bridgehead atoms. The van der Waals surface area contributed by atoms with E-state index in [2.05, 4.69) is 23.1 Å². The normalized spacial score (nSPS) is 27.2. The maximum atomic E-state index is 12.0. The van der Waals surface area contributed by atoms with Gasteiger partial charge in [-0.3, -0.25) is 9.69 Å². The second kappa shape index (κ2) is 6.47. The van der Waals surface area contributed by atoms with Crippen LogP contribution in [0.2, 0.25) is 0 Å². The molecule has 130 valence electrons. The van der Waals surface area contributed by atoms with Gasteiger partial charge in [-0.05, 0) is 36.3 Å². The first-order valence-corrected chi connectivity index (χ1v) is 9.03. The van der Waals surface area contributed by atoms with Crippen molar-refractivity contribution in [3.63, 3.8) is 0 Å². The Morgan fingerprint density at radius 3 is 2.50 bits per heavy atom. The van der Waals surface area contributed by atoms with Crippen molar-refractivity contribution >= 4 is 5.91 Å². The number of hydrogen-bond acceptors (Lipinski definition) is 4. The highest BCUT2D eigenvalue weighted by atomic mass is 16.7. The molecule has 5 heteroatoms. The first kappa shape index (κ1) is 16.1. The molecule has 1 saturated heterocycles. The van der Waals surface area contributed by atoms with Gasteiger partial charge < -0.3 is 15.2 Å². The summed E-state index contributed by atoms with van der Waals surface area (Å²) in [7, 11) is 0. The molecule has 3 aliphatic rings. The minimum atomic E-state index is -0.311. The van der Waals surface area contributed by atoms with Crippen LogP contribution in [-0.4, -0.2) is 42.4 Å². The number of fused-ring (bicyclic) bond motifs is 1. The van der Waals surface area contributed by atoms with Gasteiger partial charge in [0.15, 0.2) is 5.79 Å². The molecule has 0 unspecified atom stereocenters. The number of benzene rings is 1. The molecular weight excluding hydrogens is 304 g/mol. The minimum Gasteiger partial charge on any atom is -0.368 e. The lowest BCUT2D eigenvalue weighted by atomic mass is 9.83. The fourth-order valence-electron chi connectivity index (χ4n) is 4.47. The molecule has 5 nitrogen and oxygen atoms in total. The van der Waals surface area contributed by atoms with Crippen LogP contribution in [-0.2, 0) is 27.2 Å². The zero-order valence-electron chi connectivity index (χ0n) is 14.1. The number of amides is 1. The topological polar surface area (TPSA) is 64.8 Å². The van der Waals surface area contributed by atoms with E-state index in [0.717, 1.165) is 58.4 Å². The van der Waals surface area contributed by atoms with Crippen LogP contribution in [0.5, 0.6) is 0 Å². The highest BCUT2D eigenvalue weighted by molar-refractivity contribution is 5.80. The Morgan fingerprint density at radius 2 is 1.83 bits per heavy atom. The molecule has 0 aromatic heterocycles. The Balaban J connectivity index is 1.42. The van der Waals surface area contributed by atoms with Gasteiger partial charge in [0.1, 0.15) is 0 Å². The largest absolute Gasteiger partial charge is 0.368 e. The molecule has 4 rings (SSSR count). The van der Waals surface area contributed by atoms with Gasteiger partial charge >= 0.3 is 0 Å². The number of carbonyl (C=O) groups excluding carboxylic acids is 1. The predicted molar refractivity (Wildman–Crippen MR) is 90.1 cm³/mol. The highest BCUT2D eigenvalue weighted by Crippen LogP contribution is 2.39.